The van der Waals surface area contributed by atoms with Gasteiger partial charge >= 0.3 is 18.9 Å². The Balaban J connectivity index is 0.00000169. The van der Waals surface area contributed by atoms with E-state index in [9.17, 15) is 0 Å². The summed E-state index contributed by atoms with van der Waals surface area (Å²) in [7, 11) is 7.52. The molecule has 0 aliphatic heterocycles. The third kappa shape index (κ3) is 1.44. The van der Waals surface area contributed by atoms with Crippen molar-refractivity contribution in [2.75, 3.05) is 35.5 Å². The van der Waals surface area contributed by atoms with E-state index in [0.29, 0.717) is 6.10 Å². The summed E-state index contributed by atoms with van der Waals surface area (Å²) in [5.41, 5.74) is 0. The maximum absolute atomic E-state index is 5.16. The van der Waals surface area contributed by atoms with E-state index in [-0.39, 0.29) is 18.9 Å². The summed E-state index contributed by atoms with van der Waals surface area (Å²) in [4.78, 5) is 0. The second kappa shape index (κ2) is 4.95. The Morgan fingerprint density at radius 3 is 1.07 bits per heavy atom. The van der Waals surface area contributed by atoms with Crippen molar-refractivity contribution in [1.82, 2.24) is 0 Å². The number of rotatable bonds is 5. The van der Waals surface area contributed by atoms with E-state index in [0.717, 1.165) is 0 Å². The molecule has 0 spiro atoms. The standard InChI is InChI=1S/C8H15O5.Li/c1-9-6-7(10-2,11-3)8(6,12-4)13-5;/h1-5H3;/q-1;+1. The largest absolute Gasteiger partial charge is 1.00 e. The predicted octanol–water partition coefficient (Wildman–Crippen LogP) is -2.84. The molecule has 1 fully saturated rings. The van der Waals surface area contributed by atoms with E-state index >= 15 is 0 Å². The molecule has 14 heavy (non-hydrogen) atoms. The van der Waals surface area contributed by atoms with E-state index in [1.165, 1.54) is 35.5 Å². The minimum atomic E-state index is -1.04. The average molecular weight is 198 g/mol. The Morgan fingerprint density at radius 1 is 0.714 bits per heavy atom. The molecule has 0 amide bonds. The van der Waals surface area contributed by atoms with E-state index in [1.807, 2.05) is 0 Å². The van der Waals surface area contributed by atoms with Gasteiger partial charge in [0.25, 0.3) is 0 Å². The summed E-state index contributed by atoms with van der Waals surface area (Å²) in [6.45, 7) is 0. The molecule has 0 radical (unpaired) electrons. The van der Waals surface area contributed by atoms with Gasteiger partial charge in [0.05, 0.1) is 0 Å². The molecule has 0 atom stereocenters. The summed E-state index contributed by atoms with van der Waals surface area (Å²) >= 11 is 0. The predicted molar refractivity (Wildman–Crippen MR) is 43.8 cm³/mol. The molecular weight excluding hydrogens is 183 g/mol. The van der Waals surface area contributed by atoms with Crippen molar-refractivity contribution in [3.8, 4) is 0 Å². The van der Waals surface area contributed by atoms with Crippen LogP contribution in [0.25, 0.3) is 0 Å². The second-order valence-corrected chi connectivity index (χ2v) is 2.58. The minimum Gasteiger partial charge on any atom is -0.541 e. The zero-order chi connectivity index (χ0) is 10.1. The normalized spacial score (nSPS) is 22.9. The quantitative estimate of drug-likeness (QED) is 0.270. The molecular formula is C8H15LiO5. The van der Waals surface area contributed by atoms with Crippen LogP contribution in [0.2, 0.25) is 0 Å². The summed E-state index contributed by atoms with van der Waals surface area (Å²) in [5.74, 6) is -2.07. The van der Waals surface area contributed by atoms with Crippen LogP contribution in [0.4, 0.5) is 0 Å². The van der Waals surface area contributed by atoms with Crippen LogP contribution in [0.15, 0.2) is 0 Å². The Bertz CT molecular complexity index is 161. The van der Waals surface area contributed by atoms with Crippen LogP contribution in [0.5, 0.6) is 0 Å². The van der Waals surface area contributed by atoms with E-state index in [4.69, 9.17) is 23.7 Å². The van der Waals surface area contributed by atoms with E-state index in [2.05, 4.69) is 0 Å². The number of ether oxygens (including phenoxy) is 5. The van der Waals surface area contributed by atoms with Gasteiger partial charge in [-0.05, 0) is 7.11 Å². The molecule has 0 aromatic heterocycles. The van der Waals surface area contributed by atoms with E-state index < -0.39 is 11.6 Å². The molecule has 1 aliphatic rings. The van der Waals surface area contributed by atoms with Gasteiger partial charge in [-0.15, -0.1) is 0 Å². The van der Waals surface area contributed by atoms with Gasteiger partial charge in [-0.3, -0.25) is 0 Å². The van der Waals surface area contributed by atoms with Gasteiger partial charge in [-0.25, -0.2) is 0 Å². The van der Waals surface area contributed by atoms with Gasteiger partial charge in [-0.1, -0.05) is 6.10 Å². The molecule has 1 aliphatic carbocycles. The molecule has 5 nitrogen and oxygen atoms in total. The first kappa shape index (κ1) is 14.4. The van der Waals surface area contributed by atoms with Gasteiger partial charge in [0.1, 0.15) is 11.6 Å². The van der Waals surface area contributed by atoms with Gasteiger partial charge in [0.15, 0.2) is 0 Å². The first-order valence-electron chi connectivity index (χ1n) is 3.81. The average Bonchev–Trinajstić information content (AvgIpc) is 2.79. The summed E-state index contributed by atoms with van der Waals surface area (Å²) in [6, 6.07) is 0. The van der Waals surface area contributed by atoms with Crippen molar-refractivity contribution in [3.05, 3.63) is 6.10 Å². The van der Waals surface area contributed by atoms with Crippen molar-refractivity contribution in [3.63, 3.8) is 0 Å². The van der Waals surface area contributed by atoms with Crippen molar-refractivity contribution >= 4 is 0 Å². The Kier molecular flexibility index (Phi) is 5.09. The number of methoxy groups -OCH3 is 5. The molecule has 0 N–H and O–H groups in total. The van der Waals surface area contributed by atoms with Gasteiger partial charge in [0.2, 0.25) is 0 Å². The molecule has 0 bridgehead atoms. The first-order valence-corrected chi connectivity index (χ1v) is 3.81. The van der Waals surface area contributed by atoms with Crippen LogP contribution in [0, 0.1) is 6.10 Å². The summed E-state index contributed by atoms with van der Waals surface area (Å²) < 4.78 is 25.7. The van der Waals surface area contributed by atoms with Crippen molar-refractivity contribution in [1.29, 1.82) is 0 Å². The van der Waals surface area contributed by atoms with Crippen LogP contribution in [0.3, 0.4) is 0 Å². The number of hydrogen-bond donors (Lipinski definition) is 0. The van der Waals surface area contributed by atoms with Gasteiger partial charge in [-0.2, -0.15) is 0 Å². The van der Waals surface area contributed by atoms with Crippen LogP contribution in [-0.2, 0) is 23.7 Å². The SMILES string of the molecule is CO[C-]1C(OC)(OC)C1(OC)OC.[Li+]. The maximum atomic E-state index is 5.16. The molecule has 78 valence electrons. The van der Waals surface area contributed by atoms with Crippen LogP contribution >= 0.6 is 0 Å². The Morgan fingerprint density at radius 2 is 1.00 bits per heavy atom. The Hall–Kier alpha value is 0.397. The third-order valence-electron chi connectivity index (χ3n) is 2.32. The van der Waals surface area contributed by atoms with Gasteiger partial charge < -0.3 is 23.7 Å². The Labute approximate surface area is 96.2 Å². The van der Waals surface area contributed by atoms with Crippen molar-refractivity contribution in [2.24, 2.45) is 0 Å². The van der Waals surface area contributed by atoms with Crippen molar-refractivity contribution < 1.29 is 42.5 Å². The monoisotopic (exact) mass is 198 g/mol. The van der Waals surface area contributed by atoms with Crippen LogP contribution < -0.4 is 18.9 Å². The molecule has 0 heterocycles. The van der Waals surface area contributed by atoms with Crippen molar-refractivity contribution in [2.45, 2.75) is 11.6 Å². The molecule has 0 aromatic rings. The van der Waals surface area contributed by atoms with Crippen LogP contribution in [-0.4, -0.2) is 47.1 Å². The second-order valence-electron chi connectivity index (χ2n) is 2.58. The molecule has 0 unspecified atom stereocenters. The molecule has 0 aromatic carbocycles. The zero-order valence-electron chi connectivity index (χ0n) is 9.54. The van der Waals surface area contributed by atoms with E-state index in [1.54, 1.807) is 0 Å². The molecule has 6 heteroatoms. The summed E-state index contributed by atoms with van der Waals surface area (Å²) in [6.07, 6.45) is 0.481. The summed E-state index contributed by atoms with van der Waals surface area (Å²) in [5, 5.41) is 0. The fourth-order valence-electron chi connectivity index (χ4n) is 1.64. The fraction of sp³-hybridized carbons (Fsp3) is 0.875. The van der Waals surface area contributed by atoms with Crippen LogP contribution in [0.1, 0.15) is 0 Å². The molecule has 1 saturated carbocycles. The molecule has 0 saturated heterocycles. The number of hydrogen-bond acceptors (Lipinski definition) is 5. The zero-order valence-corrected chi connectivity index (χ0v) is 9.54. The molecule has 1 rings (SSSR count). The van der Waals surface area contributed by atoms with Gasteiger partial charge in [0, 0.05) is 28.4 Å². The third-order valence-corrected chi connectivity index (χ3v) is 2.32. The fourth-order valence-corrected chi connectivity index (χ4v) is 1.64. The topological polar surface area (TPSA) is 46.2 Å². The minimum absolute atomic E-state index is 0. The smallest absolute Gasteiger partial charge is 0.541 e. The first-order chi connectivity index (χ1) is 6.19. The maximum Gasteiger partial charge on any atom is 1.00 e.